The van der Waals surface area contributed by atoms with Crippen LogP contribution in [0.1, 0.15) is 27.6 Å². The number of carbonyl (C=O) groups excluding carboxylic acids is 2. The first-order valence-corrected chi connectivity index (χ1v) is 10.9. The number of oxime groups is 1. The van der Waals surface area contributed by atoms with Crippen LogP contribution in [0.2, 0.25) is 10.0 Å². The van der Waals surface area contributed by atoms with Crippen molar-refractivity contribution in [2.45, 2.75) is 24.9 Å². The van der Waals surface area contributed by atoms with E-state index in [9.17, 15) is 35.9 Å². The van der Waals surface area contributed by atoms with Crippen molar-refractivity contribution in [3.8, 4) is 0 Å². The highest BCUT2D eigenvalue weighted by Crippen LogP contribution is 2.44. The Bertz CT molecular complexity index is 1130. The van der Waals surface area contributed by atoms with Gasteiger partial charge in [-0.15, -0.1) is 0 Å². The van der Waals surface area contributed by atoms with Crippen LogP contribution in [0.5, 0.6) is 0 Å². The van der Waals surface area contributed by atoms with Gasteiger partial charge in [0.25, 0.3) is 5.91 Å². The van der Waals surface area contributed by atoms with Crippen LogP contribution in [-0.2, 0) is 16.1 Å². The van der Waals surface area contributed by atoms with Gasteiger partial charge in [0.2, 0.25) is 5.91 Å². The van der Waals surface area contributed by atoms with Gasteiger partial charge in [-0.05, 0) is 41.5 Å². The van der Waals surface area contributed by atoms with Crippen LogP contribution in [-0.4, -0.2) is 43.0 Å². The summed E-state index contributed by atoms with van der Waals surface area (Å²) in [7, 11) is 0. The molecule has 2 unspecified atom stereocenters. The van der Waals surface area contributed by atoms with Crippen molar-refractivity contribution in [1.29, 1.82) is 0 Å². The van der Waals surface area contributed by atoms with Crippen LogP contribution in [0.3, 0.4) is 0 Å². The van der Waals surface area contributed by atoms with E-state index in [1.807, 2.05) is 0 Å². The van der Waals surface area contributed by atoms with E-state index >= 15 is 0 Å². The van der Waals surface area contributed by atoms with Gasteiger partial charge < -0.3 is 15.5 Å². The molecule has 2 aromatic rings. The van der Waals surface area contributed by atoms with Crippen molar-refractivity contribution < 1.29 is 40.8 Å². The van der Waals surface area contributed by atoms with Gasteiger partial charge in [-0.2, -0.15) is 26.3 Å². The summed E-state index contributed by atoms with van der Waals surface area (Å²) in [4.78, 5) is 28.6. The number of alkyl halides is 6. The minimum Gasteiger partial charge on any atom is -0.387 e. The Balaban J connectivity index is 1.64. The summed E-state index contributed by atoms with van der Waals surface area (Å²) in [5, 5.41) is 7.69. The van der Waals surface area contributed by atoms with Crippen molar-refractivity contribution >= 4 is 40.7 Å². The van der Waals surface area contributed by atoms with Gasteiger partial charge in [0.05, 0.1) is 12.3 Å². The molecule has 1 aliphatic heterocycles. The molecule has 0 saturated heterocycles. The molecule has 194 valence electrons. The lowest BCUT2D eigenvalue weighted by Crippen LogP contribution is -2.40. The van der Waals surface area contributed by atoms with E-state index < -0.39 is 49.3 Å². The number of hydrogen-bond acceptors (Lipinski definition) is 4. The lowest BCUT2D eigenvalue weighted by Gasteiger charge is -2.22. The van der Waals surface area contributed by atoms with E-state index in [1.165, 1.54) is 42.5 Å². The molecule has 0 radical (unpaired) electrons. The van der Waals surface area contributed by atoms with Gasteiger partial charge in [0.15, 0.2) is 6.10 Å². The van der Waals surface area contributed by atoms with Crippen LogP contribution < -0.4 is 10.6 Å². The summed E-state index contributed by atoms with van der Waals surface area (Å²) in [6.07, 6.45) is -11.0. The fraction of sp³-hybridized carbons (Fsp3) is 0.318. The van der Waals surface area contributed by atoms with E-state index in [0.29, 0.717) is 5.56 Å². The zero-order chi connectivity index (χ0) is 26.7. The molecule has 14 heteroatoms. The second kappa shape index (κ2) is 11.0. The zero-order valence-electron chi connectivity index (χ0n) is 18.0. The summed E-state index contributed by atoms with van der Waals surface area (Å²) < 4.78 is 78.1. The smallest absolute Gasteiger partial charge is 0.387 e. The maximum Gasteiger partial charge on any atom is 0.405 e. The third-order valence-corrected chi connectivity index (χ3v) is 5.44. The molecule has 0 saturated carbocycles. The molecule has 2 N–H and O–H groups in total. The molecule has 1 aliphatic rings. The van der Waals surface area contributed by atoms with E-state index in [-0.39, 0.29) is 33.3 Å². The third-order valence-electron chi connectivity index (χ3n) is 5.01. The lowest BCUT2D eigenvalue weighted by atomic mass is 9.88. The molecule has 0 bridgehead atoms. The van der Waals surface area contributed by atoms with Crippen LogP contribution >= 0.6 is 23.2 Å². The summed E-state index contributed by atoms with van der Waals surface area (Å²) >= 11 is 11.8. The van der Waals surface area contributed by atoms with Gasteiger partial charge in [-0.25, -0.2) is 0 Å². The number of hydrogen-bond donors (Lipinski definition) is 2. The third kappa shape index (κ3) is 7.50. The van der Waals surface area contributed by atoms with Gasteiger partial charge in [-0.1, -0.05) is 40.5 Å². The average molecular weight is 556 g/mol. The van der Waals surface area contributed by atoms with Crippen molar-refractivity contribution in [3.63, 3.8) is 0 Å². The Morgan fingerprint density at radius 2 is 1.56 bits per heavy atom. The average Bonchev–Trinajstić information content (AvgIpc) is 3.19. The lowest BCUT2D eigenvalue weighted by molar-refractivity contribution is -0.178. The van der Waals surface area contributed by atoms with E-state index in [1.54, 1.807) is 5.32 Å². The maximum absolute atomic E-state index is 13.9. The fourth-order valence-corrected chi connectivity index (χ4v) is 3.96. The van der Waals surface area contributed by atoms with Crippen LogP contribution in [0.25, 0.3) is 0 Å². The molecule has 0 fully saturated rings. The predicted molar refractivity (Wildman–Crippen MR) is 119 cm³/mol. The van der Waals surface area contributed by atoms with E-state index in [2.05, 4.69) is 10.5 Å². The quantitative estimate of drug-likeness (QED) is 0.458. The largest absolute Gasteiger partial charge is 0.405 e. The number of nitrogens with one attached hydrogen (secondary N) is 2. The number of rotatable bonds is 7. The second-order valence-electron chi connectivity index (χ2n) is 7.78. The second-order valence-corrected chi connectivity index (χ2v) is 8.65. The van der Waals surface area contributed by atoms with Crippen molar-refractivity contribution in [2.24, 2.45) is 11.1 Å². The molecule has 0 aliphatic carbocycles. The highest BCUT2D eigenvalue weighted by Gasteiger charge is 2.53. The summed E-state index contributed by atoms with van der Waals surface area (Å²) in [6, 6.07) is 9.37. The summed E-state index contributed by atoms with van der Waals surface area (Å²) in [5.74, 6) is -3.85. The number of benzene rings is 2. The highest BCUT2D eigenvalue weighted by atomic mass is 35.5. The SMILES string of the molecule is O=C(CNC(=O)c1ccc(CC2=NOC(c3cc(Cl)cc(Cl)c3)C2C(F)(F)F)cc1)NCC(F)(F)F. The van der Waals surface area contributed by atoms with Crippen molar-refractivity contribution in [3.05, 3.63) is 69.2 Å². The number of carbonyl (C=O) groups is 2. The summed E-state index contributed by atoms with van der Waals surface area (Å²) in [6.45, 7) is -2.22. The van der Waals surface area contributed by atoms with Crippen molar-refractivity contribution in [2.75, 3.05) is 13.1 Å². The molecule has 0 spiro atoms. The van der Waals surface area contributed by atoms with Gasteiger partial charge in [-0.3, -0.25) is 9.59 Å². The highest BCUT2D eigenvalue weighted by molar-refractivity contribution is 6.34. The maximum atomic E-state index is 13.9. The van der Waals surface area contributed by atoms with Crippen LogP contribution in [0.15, 0.2) is 47.6 Å². The number of halogens is 8. The molecule has 36 heavy (non-hydrogen) atoms. The molecule has 3 rings (SSSR count). The fourth-order valence-electron chi connectivity index (χ4n) is 3.42. The number of nitrogens with zero attached hydrogens (tertiary/aromatic N) is 1. The Hall–Kier alpha value is -2.99. The molecule has 2 atom stereocenters. The minimum atomic E-state index is -4.69. The van der Waals surface area contributed by atoms with Gasteiger partial charge in [0, 0.05) is 22.0 Å². The molecule has 6 nitrogen and oxygen atoms in total. The van der Waals surface area contributed by atoms with Crippen LogP contribution in [0.4, 0.5) is 26.3 Å². The van der Waals surface area contributed by atoms with Crippen LogP contribution in [0, 0.1) is 5.92 Å². The molecular weight excluding hydrogens is 539 g/mol. The normalized spacial score (nSPS) is 17.8. The van der Waals surface area contributed by atoms with Gasteiger partial charge >= 0.3 is 12.4 Å². The van der Waals surface area contributed by atoms with Gasteiger partial charge in [0.1, 0.15) is 12.5 Å². The Morgan fingerprint density at radius 1 is 0.944 bits per heavy atom. The standard InChI is InChI=1S/C22H17Cl2F6N3O3/c23-14-6-13(7-15(24)8-14)19-18(22(28,29)30)16(33-36-19)5-11-1-3-12(4-2-11)20(35)31-9-17(34)32-10-21(25,26)27/h1-4,6-8,18-19H,5,9-10H2,(H,31,35)(H,32,34). The predicted octanol–water partition coefficient (Wildman–Crippen LogP) is 5.25. The van der Waals surface area contributed by atoms with E-state index in [0.717, 1.165) is 0 Å². The minimum absolute atomic E-state index is 0.0470. The first kappa shape index (κ1) is 27.6. The first-order valence-electron chi connectivity index (χ1n) is 10.2. The molecule has 2 amide bonds. The zero-order valence-corrected chi connectivity index (χ0v) is 19.5. The monoisotopic (exact) mass is 555 g/mol. The Kier molecular flexibility index (Phi) is 8.40. The number of amides is 2. The van der Waals surface area contributed by atoms with E-state index in [4.69, 9.17) is 28.0 Å². The molecule has 1 heterocycles. The Labute approximate surface area is 210 Å². The topological polar surface area (TPSA) is 79.8 Å². The first-order chi connectivity index (χ1) is 16.7. The molecular formula is C22H17Cl2F6N3O3. The molecule has 0 aromatic heterocycles. The van der Waals surface area contributed by atoms with Crippen molar-refractivity contribution in [1.82, 2.24) is 10.6 Å². The summed E-state index contributed by atoms with van der Waals surface area (Å²) in [5.41, 5.74) is 0.253. The molecule has 2 aromatic carbocycles. The Morgan fingerprint density at radius 3 is 2.11 bits per heavy atom.